The largest absolute Gasteiger partial charge is 0.488 e. The molecule has 0 fully saturated rings. The van der Waals surface area contributed by atoms with Crippen molar-refractivity contribution in [3.63, 3.8) is 0 Å². The molecule has 0 aliphatic rings. The van der Waals surface area contributed by atoms with Crippen LogP contribution < -0.4 is 4.74 Å². The standard InChI is InChI=1S/C11H9F2NO/c12-11(13)7-15-10-2-1-8-3-4-14-6-9(8)5-10/h1-6,11H,7H2. The first-order valence-corrected chi connectivity index (χ1v) is 4.50. The van der Waals surface area contributed by atoms with Gasteiger partial charge in [0.1, 0.15) is 12.4 Å². The van der Waals surface area contributed by atoms with Gasteiger partial charge in [-0.3, -0.25) is 4.98 Å². The van der Waals surface area contributed by atoms with Crippen LogP contribution in [-0.2, 0) is 0 Å². The predicted molar refractivity (Wildman–Crippen MR) is 53.2 cm³/mol. The van der Waals surface area contributed by atoms with Crippen LogP contribution in [-0.4, -0.2) is 18.0 Å². The summed E-state index contributed by atoms with van der Waals surface area (Å²) in [5.41, 5.74) is 0. The number of halogens is 2. The molecule has 0 aliphatic carbocycles. The lowest BCUT2D eigenvalue weighted by Gasteiger charge is -2.05. The number of pyridine rings is 1. The van der Waals surface area contributed by atoms with Gasteiger partial charge in [0.25, 0.3) is 6.43 Å². The Morgan fingerprint density at radius 1 is 1.20 bits per heavy atom. The molecule has 2 aromatic rings. The normalized spacial score (nSPS) is 10.9. The summed E-state index contributed by atoms with van der Waals surface area (Å²) in [7, 11) is 0. The lowest BCUT2D eigenvalue weighted by Crippen LogP contribution is -2.06. The summed E-state index contributed by atoms with van der Waals surface area (Å²) in [5.74, 6) is 0.441. The van der Waals surface area contributed by atoms with Gasteiger partial charge in [-0.25, -0.2) is 8.78 Å². The fourth-order valence-corrected chi connectivity index (χ4v) is 1.31. The van der Waals surface area contributed by atoms with Gasteiger partial charge in [-0.1, -0.05) is 6.07 Å². The number of nitrogens with zero attached hydrogens (tertiary/aromatic N) is 1. The molecule has 0 amide bonds. The maximum atomic E-state index is 11.9. The van der Waals surface area contributed by atoms with Gasteiger partial charge in [-0.2, -0.15) is 0 Å². The van der Waals surface area contributed by atoms with Crippen LogP contribution in [0.25, 0.3) is 10.8 Å². The third-order valence-corrected chi connectivity index (χ3v) is 1.99. The zero-order chi connectivity index (χ0) is 10.7. The van der Waals surface area contributed by atoms with E-state index in [9.17, 15) is 8.78 Å². The second kappa shape index (κ2) is 4.21. The van der Waals surface area contributed by atoms with Gasteiger partial charge in [-0.15, -0.1) is 0 Å². The zero-order valence-electron chi connectivity index (χ0n) is 7.86. The van der Waals surface area contributed by atoms with E-state index >= 15 is 0 Å². The minimum atomic E-state index is -2.45. The number of alkyl halides is 2. The van der Waals surface area contributed by atoms with Crippen LogP contribution in [0.4, 0.5) is 8.78 Å². The van der Waals surface area contributed by atoms with E-state index in [4.69, 9.17) is 4.74 Å². The highest BCUT2D eigenvalue weighted by atomic mass is 19.3. The number of ether oxygens (including phenoxy) is 1. The van der Waals surface area contributed by atoms with Crippen molar-refractivity contribution in [2.24, 2.45) is 0 Å². The molecule has 0 bridgehead atoms. The molecule has 0 spiro atoms. The van der Waals surface area contributed by atoms with E-state index in [2.05, 4.69) is 4.98 Å². The van der Waals surface area contributed by atoms with Gasteiger partial charge >= 0.3 is 0 Å². The highest BCUT2D eigenvalue weighted by molar-refractivity contribution is 5.82. The first-order chi connectivity index (χ1) is 7.25. The van der Waals surface area contributed by atoms with Crippen molar-refractivity contribution < 1.29 is 13.5 Å². The SMILES string of the molecule is FC(F)COc1ccc2ccncc2c1. The Bertz CT molecular complexity index is 459. The topological polar surface area (TPSA) is 22.1 Å². The molecule has 1 aromatic carbocycles. The van der Waals surface area contributed by atoms with Gasteiger partial charge in [0.2, 0.25) is 0 Å². The molecule has 1 aromatic heterocycles. The van der Waals surface area contributed by atoms with E-state index in [-0.39, 0.29) is 0 Å². The Balaban J connectivity index is 2.23. The first-order valence-electron chi connectivity index (χ1n) is 4.50. The maximum Gasteiger partial charge on any atom is 0.272 e. The van der Waals surface area contributed by atoms with Gasteiger partial charge in [0, 0.05) is 17.8 Å². The second-order valence-corrected chi connectivity index (χ2v) is 3.09. The van der Waals surface area contributed by atoms with Crippen LogP contribution in [0.2, 0.25) is 0 Å². The third kappa shape index (κ3) is 2.40. The average Bonchev–Trinajstić information content (AvgIpc) is 2.26. The van der Waals surface area contributed by atoms with Gasteiger partial charge in [0.15, 0.2) is 0 Å². The number of rotatable bonds is 3. The van der Waals surface area contributed by atoms with Crippen molar-refractivity contribution in [3.05, 3.63) is 36.7 Å². The van der Waals surface area contributed by atoms with Crippen molar-refractivity contribution in [2.45, 2.75) is 6.43 Å². The highest BCUT2D eigenvalue weighted by Crippen LogP contribution is 2.19. The summed E-state index contributed by atoms with van der Waals surface area (Å²) < 4.78 is 28.7. The Labute approximate surface area is 85.5 Å². The summed E-state index contributed by atoms with van der Waals surface area (Å²) in [4.78, 5) is 3.95. The molecule has 0 saturated heterocycles. The lowest BCUT2D eigenvalue weighted by molar-refractivity contribution is 0.0820. The molecule has 0 atom stereocenters. The van der Waals surface area contributed by atoms with Crippen LogP contribution >= 0.6 is 0 Å². The second-order valence-electron chi connectivity index (χ2n) is 3.09. The molecule has 2 rings (SSSR count). The van der Waals surface area contributed by atoms with Crippen molar-refractivity contribution in [1.29, 1.82) is 0 Å². The van der Waals surface area contributed by atoms with Crippen molar-refractivity contribution >= 4 is 10.8 Å². The quantitative estimate of drug-likeness (QED) is 0.775. The summed E-state index contributed by atoms with van der Waals surface area (Å²) in [6, 6.07) is 7.04. The predicted octanol–water partition coefficient (Wildman–Crippen LogP) is 2.88. The molecule has 0 saturated carbocycles. The van der Waals surface area contributed by atoms with E-state index < -0.39 is 13.0 Å². The van der Waals surface area contributed by atoms with Crippen LogP contribution in [0.1, 0.15) is 0 Å². The van der Waals surface area contributed by atoms with Crippen LogP contribution in [0, 0.1) is 0 Å². The molecule has 0 aliphatic heterocycles. The van der Waals surface area contributed by atoms with Crippen molar-refractivity contribution in [2.75, 3.05) is 6.61 Å². The summed E-state index contributed by atoms with van der Waals surface area (Å²) in [6.07, 6.45) is 0.904. The maximum absolute atomic E-state index is 11.9. The summed E-state index contributed by atoms with van der Waals surface area (Å²) in [6.45, 7) is -0.578. The lowest BCUT2D eigenvalue weighted by atomic mass is 10.2. The molecule has 2 nitrogen and oxygen atoms in total. The zero-order valence-corrected chi connectivity index (χ0v) is 7.86. The smallest absolute Gasteiger partial charge is 0.272 e. The molecule has 0 unspecified atom stereocenters. The molecule has 78 valence electrons. The van der Waals surface area contributed by atoms with Crippen LogP contribution in [0.3, 0.4) is 0 Å². The van der Waals surface area contributed by atoms with E-state index in [0.29, 0.717) is 5.75 Å². The van der Waals surface area contributed by atoms with Crippen molar-refractivity contribution in [3.8, 4) is 5.75 Å². The van der Waals surface area contributed by atoms with Gasteiger partial charge < -0.3 is 4.74 Å². The molecular formula is C11H9F2NO. The van der Waals surface area contributed by atoms with E-state index in [1.807, 2.05) is 12.1 Å². The average molecular weight is 209 g/mol. The first kappa shape index (κ1) is 9.83. The monoisotopic (exact) mass is 209 g/mol. The Kier molecular flexibility index (Phi) is 2.76. The van der Waals surface area contributed by atoms with E-state index in [1.54, 1.807) is 24.5 Å². The fourth-order valence-electron chi connectivity index (χ4n) is 1.31. The van der Waals surface area contributed by atoms with Crippen LogP contribution in [0.5, 0.6) is 5.75 Å². The molecular weight excluding hydrogens is 200 g/mol. The fraction of sp³-hybridized carbons (Fsp3) is 0.182. The number of hydrogen-bond donors (Lipinski definition) is 0. The van der Waals surface area contributed by atoms with Gasteiger partial charge in [0.05, 0.1) is 0 Å². The molecule has 4 heteroatoms. The molecule has 15 heavy (non-hydrogen) atoms. The number of hydrogen-bond acceptors (Lipinski definition) is 2. The Morgan fingerprint density at radius 2 is 2.07 bits per heavy atom. The van der Waals surface area contributed by atoms with E-state index in [0.717, 1.165) is 10.8 Å². The number of aromatic nitrogens is 1. The molecule has 0 N–H and O–H groups in total. The minimum Gasteiger partial charge on any atom is -0.488 e. The molecule has 0 radical (unpaired) electrons. The highest BCUT2D eigenvalue weighted by Gasteiger charge is 2.03. The molecule has 1 heterocycles. The van der Waals surface area contributed by atoms with Crippen molar-refractivity contribution in [1.82, 2.24) is 4.98 Å². The number of benzene rings is 1. The van der Waals surface area contributed by atoms with Crippen LogP contribution in [0.15, 0.2) is 36.7 Å². The minimum absolute atomic E-state index is 0.441. The number of fused-ring (bicyclic) bond motifs is 1. The summed E-state index contributed by atoms with van der Waals surface area (Å²) in [5, 5.41) is 1.89. The summed E-state index contributed by atoms with van der Waals surface area (Å²) >= 11 is 0. The Morgan fingerprint density at radius 3 is 2.87 bits per heavy atom. The third-order valence-electron chi connectivity index (χ3n) is 1.99. The van der Waals surface area contributed by atoms with E-state index in [1.165, 1.54) is 0 Å². The van der Waals surface area contributed by atoms with Gasteiger partial charge in [-0.05, 0) is 23.6 Å². The Hall–Kier alpha value is -1.71.